The average Bonchev–Trinajstić information content (AvgIpc) is 2.81. The van der Waals surface area contributed by atoms with Crippen molar-refractivity contribution < 1.29 is 14.3 Å². The van der Waals surface area contributed by atoms with Gasteiger partial charge in [0.15, 0.2) is 0 Å². The number of urea groups is 1. The smallest absolute Gasteiger partial charge is 0.338 e. The number of ether oxygens (including phenoxy) is 1. The van der Waals surface area contributed by atoms with E-state index in [2.05, 4.69) is 10.6 Å². The molecule has 1 aliphatic rings. The summed E-state index contributed by atoms with van der Waals surface area (Å²) < 4.78 is 5.32. The molecule has 1 aliphatic heterocycles. The average molecular weight is 308 g/mol. The second-order valence-electron chi connectivity index (χ2n) is 5.51. The first-order chi connectivity index (χ1) is 9.88. The summed E-state index contributed by atoms with van der Waals surface area (Å²) in [6, 6.07) is 3.15. The molecule has 2 heterocycles. The number of carbonyl (C=O) groups is 2. The van der Waals surface area contributed by atoms with Gasteiger partial charge >= 0.3 is 12.0 Å². The zero-order valence-electron chi connectivity index (χ0n) is 12.6. The normalized spacial score (nSPS) is 18.5. The SMILES string of the molecule is CC1=C(C(=O)OCC(C)C)[C@@H](c2ccc(C)s2)NC(=O)N1. The largest absolute Gasteiger partial charge is 0.462 e. The van der Waals surface area contributed by atoms with Crippen molar-refractivity contribution in [2.75, 3.05) is 6.61 Å². The highest BCUT2D eigenvalue weighted by atomic mass is 32.1. The van der Waals surface area contributed by atoms with Crippen molar-refractivity contribution in [3.8, 4) is 0 Å². The lowest BCUT2D eigenvalue weighted by atomic mass is 10.0. The maximum atomic E-state index is 12.3. The van der Waals surface area contributed by atoms with Gasteiger partial charge in [-0.1, -0.05) is 13.8 Å². The summed E-state index contributed by atoms with van der Waals surface area (Å²) >= 11 is 1.56. The van der Waals surface area contributed by atoms with Gasteiger partial charge in [-0.3, -0.25) is 0 Å². The molecule has 1 aromatic rings. The van der Waals surface area contributed by atoms with Gasteiger partial charge < -0.3 is 15.4 Å². The predicted molar refractivity (Wildman–Crippen MR) is 82.0 cm³/mol. The Hall–Kier alpha value is -1.82. The molecule has 0 spiro atoms. The lowest BCUT2D eigenvalue weighted by Gasteiger charge is -2.27. The van der Waals surface area contributed by atoms with E-state index in [1.807, 2.05) is 32.9 Å². The molecule has 0 saturated heterocycles. The number of thiophene rings is 1. The van der Waals surface area contributed by atoms with Crippen molar-refractivity contribution in [1.29, 1.82) is 0 Å². The summed E-state index contributed by atoms with van der Waals surface area (Å²) in [6.45, 7) is 8.04. The van der Waals surface area contributed by atoms with Crippen LogP contribution in [0.3, 0.4) is 0 Å². The number of esters is 1. The predicted octanol–water partition coefficient (Wildman–Crippen LogP) is 2.88. The Morgan fingerprint density at radius 2 is 2.10 bits per heavy atom. The molecule has 21 heavy (non-hydrogen) atoms. The molecule has 0 radical (unpaired) electrons. The van der Waals surface area contributed by atoms with Crippen molar-refractivity contribution in [2.24, 2.45) is 5.92 Å². The van der Waals surface area contributed by atoms with Gasteiger partial charge in [0.2, 0.25) is 0 Å². The maximum absolute atomic E-state index is 12.3. The highest BCUT2D eigenvalue weighted by Crippen LogP contribution is 2.32. The van der Waals surface area contributed by atoms with Gasteiger partial charge in [0.05, 0.1) is 18.2 Å². The molecule has 2 N–H and O–H groups in total. The van der Waals surface area contributed by atoms with Gasteiger partial charge in [0.1, 0.15) is 0 Å². The Balaban J connectivity index is 2.30. The van der Waals surface area contributed by atoms with E-state index in [0.29, 0.717) is 17.9 Å². The molecular weight excluding hydrogens is 288 g/mol. The van der Waals surface area contributed by atoms with Crippen LogP contribution in [0.4, 0.5) is 4.79 Å². The van der Waals surface area contributed by atoms with E-state index in [1.54, 1.807) is 18.3 Å². The maximum Gasteiger partial charge on any atom is 0.338 e. The van der Waals surface area contributed by atoms with Crippen molar-refractivity contribution in [3.63, 3.8) is 0 Å². The van der Waals surface area contributed by atoms with Crippen LogP contribution in [0.5, 0.6) is 0 Å². The number of hydrogen-bond acceptors (Lipinski definition) is 4. The van der Waals surface area contributed by atoms with Gasteiger partial charge in [-0.15, -0.1) is 11.3 Å². The zero-order valence-corrected chi connectivity index (χ0v) is 13.5. The van der Waals surface area contributed by atoms with Crippen LogP contribution in [0, 0.1) is 12.8 Å². The van der Waals surface area contributed by atoms with Crippen LogP contribution < -0.4 is 10.6 Å². The minimum atomic E-state index is -0.447. The first-order valence-corrected chi connectivity index (χ1v) is 7.72. The lowest BCUT2D eigenvalue weighted by Crippen LogP contribution is -2.45. The summed E-state index contributed by atoms with van der Waals surface area (Å²) in [7, 11) is 0. The highest BCUT2D eigenvalue weighted by molar-refractivity contribution is 7.12. The van der Waals surface area contributed by atoms with Crippen LogP contribution >= 0.6 is 11.3 Å². The first kappa shape index (κ1) is 15.6. The molecule has 114 valence electrons. The van der Waals surface area contributed by atoms with E-state index >= 15 is 0 Å². The van der Waals surface area contributed by atoms with Crippen LogP contribution in [0.2, 0.25) is 0 Å². The summed E-state index contributed by atoms with van der Waals surface area (Å²) in [6.07, 6.45) is 0. The second kappa shape index (κ2) is 6.30. The number of amides is 2. The van der Waals surface area contributed by atoms with E-state index in [0.717, 1.165) is 9.75 Å². The molecule has 0 aliphatic carbocycles. The Bertz CT molecular complexity index is 589. The first-order valence-electron chi connectivity index (χ1n) is 6.90. The summed E-state index contributed by atoms with van der Waals surface area (Å²) in [5.74, 6) is -0.117. The molecular formula is C15H20N2O3S. The fourth-order valence-corrected chi connectivity index (χ4v) is 3.05. The molecule has 5 nitrogen and oxygen atoms in total. The van der Waals surface area contributed by atoms with Gasteiger partial charge in [0.25, 0.3) is 0 Å². The molecule has 0 aromatic carbocycles. The highest BCUT2D eigenvalue weighted by Gasteiger charge is 2.33. The molecule has 2 rings (SSSR count). The molecule has 0 fully saturated rings. The van der Waals surface area contributed by atoms with Gasteiger partial charge in [-0.05, 0) is 31.9 Å². The van der Waals surface area contributed by atoms with E-state index in [1.165, 1.54) is 0 Å². The van der Waals surface area contributed by atoms with E-state index < -0.39 is 6.04 Å². The molecule has 0 bridgehead atoms. The quantitative estimate of drug-likeness (QED) is 0.840. The zero-order chi connectivity index (χ0) is 15.6. The van der Waals surface area contributed by atoms with Crippen LogP contribution in [0.15, 0.2) is 23.4 Å². The number of aryl methyl sites for hydroxylation is 1. The van der Waals surface area contributed by atoms with Gasteiger partial charge in [-0.25, -0.2) is 9.59 Å². The van der Waals surface area contributed by atoms with Crippen molar-refractivity contribution in [3.05, 3.63) is 33.2 Å². The molecule has 2 amide bonds. The van der Waals surface area contributed by atoms with E-state index in [4.69, 9.17) is 4.74 Å². The Kier molecular flexibility index (Phi) is 4.67. The number of carbonyl (C=O) groups excluding carboxylic acids is 2. The lowest BCUT2D eigenvalue weighted by molar-refractivity contribution is -0.140. The van der Waals surface area contributed by atoms with Gasteiger partial charge in [0, 0.05) is 15.5 Å². The molecule has 0 saturated carbocycles. The van der Waals surface area contributed by atoms with Crippen LogP contribution in [0.1, 0.15) is 36.6 Å². The summed E-state index contributed by atoms with van der Waals surface area (Å²) in [5.41, 5.74) is 1.01. The van der Waals surface area contributed by atoms with Crippen molar-refractivity contribution >= 4 is 23.3 Å². The Morgan fingerprint density at radius 1 is 1.38 bits per heavy atom. The molecule has 1 aromatic heterocycles. The minimum absolute atomic E-state index is 0.267. The molecule has 1 atom stereocenters. The number of nitrogens with one attached hydrogen (secondary N) is 2. The third-order valence-corrected chi connectivity index (χ3v) is 4.15. The van der Waals surface area contributed by atoms with Crippen molar-refractivity contribution in [1.82, 2.24) is 10.6 Å². The molecule has 0 unspecified atom stereocenters. The van der Waals surface area contributed by atoms with Crippen LogP contribution in [0.25, 0.3) is 0 Å². The van der Waals surface area contributed by atoms with Crippen LogP contribution in [-0.4, -0.2) is 18.6 Å². The standard InChI is InChI=1S/C15H20N2O3S/c1-8(2)7-20-14(18)12-10(4)16-15(19)17-13(12)11-6-5-9(3)21-11/h5-6,8,13H,7H2,1-4H3,(H2,16,17,19)/t13-/m1/s1. The van der Waals surface area contributed by atoms with E-state index in [9.17, 15) is 9.59 Å². The van der Waals surface area contributed by atoms with Crippen molar-refractivity contribution in [2.45, 2.75) is 33.7 Å². The minimum Gasteiger partial charge on any atom is -0.462 e. The summed E-state index contributed by atoms with van der Waals surface area (Å²) in [4.78, 5) is 26.1. The van der Waals surface area contributed by atoms with Gasteiger partial charge in [-0.2, -0.15) is 0 Å². The fourth-order valence-electron chi connectivity index (χ4n) is 2.11. The second-order valence-corrected chi connectivity index (χ2v) is 6.83. The third-order valence-electron chi connectivity index (χ3n) is 3.08. The molecule has 6 heteroatoms. The fraction of sp³-hybridized carbons (Fsp3) is 0.467. The van der Waals surface area contributed by atoms with E-state index in [-0.39, 0.29) is 17.9 Å². The van der Waals surface area contributed by atoms with Crippen LogP contribution in [-0.2, 0) is 9.53 Å². The Labute approximate surface area is 128 Å². The summed E-state index contributed by atoms with van der Waals surface area (Å²) in [5, 5.41) is 5.43. The number of hydrogen-bond donors (Lipinski definition) is 2. The Morgan fingerprint density at radius 3 is 2.67 bits per heavy atom. The monoisotopic (exact) mass is 308 g/mol. The topological polar surface area (TPSA) is 67.4 Å². The third kappa shape index (κ3) is 3.64. The number of rotatable bonds is 4. The number of allylic oxidation sites excluding steroid dienone is 1.